The summed E-state index contributed by atoms with van der Waals surface area (Å²) in [4.78, 5) is 34.0. The van der Waals surface area contributed by atoms with E-state index < -0.39 is 0 Å². The van der Waals surface area contributed by atoms with Crippen LogP contribution >= 0.6 is 11.3 Å². The third-order valence-electron chi connectivity index (χ3n) is 4.97. The first-order valence-electron chi connectivity index (χ1n) is 9.50. The maximum Gasteiger partial charge on any atom is 0.259 e. The maximum atomic E-state index is 12.7. The summed E-state index contributed by atoms with van der Waals surface area (Å²) in [7, 11) is 1.60. The predicted molar refractivity (Wildman–Crippen MR) is 115 cm³/mol. The van der Waals surface area contributed by atoms with Gasteiger partial charge < -0.3 is 15.6 Å². The number of rotatable bonds is 7. The Balaban J connectivity index is 1.83. The number of hydrogen-bond donors (Lipinski definition) is 3. The molecule has 1 atom stereocenters. The van der Waals surface area contributed by atoms with Gasteiger partial charge in [0.25, 0.3) is 11.5 Å². The molecule has 1 aromatic carbocycles. The minimum absolute atomic E-state index is 0.0800. The van der Waals surface area contributed by atoms with Crippen LogP contribution in [0.5, 0.6) is 0 Å². The molecule has 0 aliphatic carbocycles. The van der Waals surface area contributed by atoms with E-state index in [1.807, 2.05) is 12.1 Å². The molecule has 0 unspecified atom stereocenters. The van der Waals surface area contributed by atoms with Crippen molar-refractivity contribution in [2.75, 3.05) is 12.4 Å². The van der Waals surface area contributed by atoms with Gasteiger partial charge in [0.1, 0.15) is 10.7 Å². The summed E-state index contributed by atoms with van der Waals surface area (Å²) in [5, 5.41) is 6.57. The SMILES string of the molecule is CC[C@@H](C)Cc1c(C)sc2nc(CNc3cccc(C(=O)NC)c3)[nH]c(=O)c12. The van der Waals surface area contributed by atoms with E-state index in [1.54, 1.807) is 30.5 Å². The molecule has 1 amide bonds. The number of aromatic nitrogens is 2. The molecule has 6 nitrogen and oxygen atoms in total. The topological polar surface area (TPSA) is 86.9 Å². The summed E-state index contributed by atoms with van der Waals surface area (Å²) >= 11 is 1.58. The quantitative estimate of drug-likeness (QED) is 0.564. The van der Waals surface area contributed by atoms with Crippen molar-refractivity contribution in [3.8, 4) is 0 Å². The zero-order chi connectivity index (χ0) is 20.3. The van der Waals surface area contributed by atoms with Crippen molar-refractivity contribution in [2.45, 2.75) is 40.2 Å². The van der Waals surface area contributed by atoms with Gasteiger partial charge >= 0.3 is 0 Å². The largest absolute Gasteiger partial charge is 0.378 e. The van der Waals surface area contributed by atoms with Gasteiger partial charge in [-0.05, 0) is 43.0 Å². The second kappa shape index (κ2) is 8.56. The highest BCUT2D eigenvalue weighted by atomic mass is 32.1. The fraction of sp³-hybridized carbons (Fsp3) is 0.381. The lowest BCUT2D eigenvalue weighted by molar-refractivity contribution is 0.0963. The number of benzene rings is 1. The van der Waals surface area contributed by atoms with Crippen molar-refractivity contribution in [1.29, 1.82) is 0 Å². The van der Waals surface area contributed by atoms with Gasteiger partial charge in [0.05, 0.1) is 11.9 Å². The van der Waals surface area contributed by atoms with E-state index in [2.05, 4.69) is 41.4 Å². The number of carbonyl (C=O) groups is 1. The average molecular weight is 399 g/mol. The van der Waals surface area contributed by atoms with Crippen molar-refractivity contribution in [1.82, 2.24) is 15.3 Å². The molecular formula is C21H26N4O2S. The van der Waals surface area contributed by atoms with E-state index in [0.717, 1.165) is 39.2 Å². The molecule has 28 heavy (non-hydrogen) atoms. The Morgan fingerprint density at radius 2 is 2.14 bits per heavy atom. The van der Waals surface area contributed by atoms with Crippen molar-refractivity contribution in [3.05, 3.63) is 56.4 Å². The first-order valence-corrected chi connectivity index (χ1v) is 10.3. The molecule has 3 aromatic rings. The Morgan fingerprint density at radius 1 is 1.36 bits per heavy atom. The third-order valence-corrected chi connectivity index (χ3v) is 6.01. The summed E-state index contributed by atoms with van der Waals surface area (Å²) < 4.78 is 0. The van der Waals surface area contributed by atoms with E-state index in [4.69, 9.17) is 0 Å². The number of anilines is 1. The average Bonchev–Trinajstić information content (AvgIpc) is 3.01. The van der Waals surface area contributed by atoms with Gasteiger partial charge in [-0.2, -0.15) is 0 Å². The van der Waals surface area contributed by atoms with Gasteiger partial charge in [0.15, 0.2) is 0 Å². The highest BCUT2D eigenvalue weighted by Crippen LogP contribution is 2.29. The number of amides is 1. The molecule has 3 rings (SSSR count). The molecule has 2 heterocycles. The van der Waals surface area contributed by atoms with Crippen molar-refractivity contribution in [2.24, 2.45) is 5.92 Å². The summed E-state index contributed by atoms with van der Waals surface area (Å²) in [5.74, 6) is 0.975. The molecule has 0 radical (unpaired) electrons. The van der Waals surface area contributed by atoms with Crippen LogP contribution in [0.4, 0.5) is 5.69 Å². The number of aryl methyl sites for hydroxylation is 1. The molecular weight excluding hydrogens is 372 g/mol. The fourth-order valence-electron chi connectivity index (χ4n) is 3.14. The molecule has 0 aliphatic rings. The molecule has 7 heteroatoms. The van der Waals surface area contributed by atoms with Gasteiger partial charge in [-0.15, -0.1) is 11.3 Å². The van der Waals surface area contributed by atoms with Crippen LogP contribution in [-0.2, 0) is 13.0 Å². The molecule has 0 bridgehead atoms. The molecule has 0 aliphatic heterocycles. The molecule has 0 saturated carbocycles. The fourth-order valence-corrected chi connectivity index (χ4v) is 4.21. The minimum atomic E-state index is -0.139. The first-order chi connectivity index (χ1) is 13.4. The highest BCUT2D eigenvalue weighted by molar-refractivity contribution is 7.18. The Labute approximate surface area is 168 Å². The molecule has 0 fully saturated rings. The number of carbonyl (C=O) groups excluding carboxylic acids is 1. The van der Waals surface area contributed by atoms with Crippen molar-refractivity contribution >= 4 is 33.1 Å². The Bertz CT molecular complexity index is 1050. The summed E-state index contributed by atoms with van der Waals surface area (Å²) in [6.45, 7) is 6.81. The van der Waals surface area contributed by atoms with Crippen LogP contribution in [0.3, 0.4) is 0 Å². The molecule has 0 spiro atoms. The number of aromatic amines is 1. The summed E-state index contributed by atoms with van der Waals surface area (Å²) in [6, 6.07) is 7.22. The zero-order valence-electron chi connectivity index (χ0n) is 16.7. The highest BCUT2D eigenvalue weighted by Gasteiger charge is 2.16. The number of fused-ring (bicyclic) bond motifs is 1. The molecule has 3 N–H and O–H groups in total. The van der Waals surface area contributed by atoms with Crippen LogP contribution in [0, 0.1) is 12.8 Å². The minimum Gasteiger partial charge on any atom is -0.378 e. The second-order valence-corrected chi connectivity index (χ2v) is 8.26. The first kappa shape index (κ1) is 20.1. The normalized spacial score (nSPS) is 12.1. The molecule has 0 saturated heterocycles. The second-order valence-electron chi connectivity index (χ2n) is 7.06. The maximum absolute atomic E-state index is 12.7. The van der Waals surface area contributed by atoms with Crippen molar-refractivity contribution in [3.63, 3.8) is 0 Å². The predicted octanol–water partition coefficient (Wildman–Crippen LogP) is 3.85. The van der Waals surface area contributed by atoms with Crippen LogP contribution in [0.1, 0.15) is 46.9 Å². The van der Waals surface area contributed by atoms with Gasteiger partial charge in [0, 0.05) is 23.2 Å². The van der Waals surface area contributed by atoms with E-state index in [1.165, 1.54) is 0 Å². The van der Waals surface area contributed by atoms with Crippen LogP contribution in [0.2, 0.25) is 0 Å². The molecule has 148 valence electrons. The lowest BCUT2D eigenvalue weighted by Crippen LogP contribution is -2.18. The Hall–Kier alpha value is -2.67. The van der Waals surface area contributed by atoms with Crippen LogP contribution in [0.15, 0.2) is 29.1 Å². The number of H-pyrrole nitrogens is 1. The Morgan fingerprint density at radius 3 is 2.86 bits per heavy atom. The lowest BCUT2D eigenvalue weighted by Gasteiger charge is -2.09. The number of nitrogens with zero attached hydrogens (tertiary/aromatic N) is 1. The Kier molecular flexibility index (Phi) is 6.14. The number of thiophene rings is 1. The third kappa shape index (κ3) is 4.25. The van der Waals surface area contributed by atoms with Crippen LogP contribution in [-0.4, -0.2) is 22.9 Å². The lowest BCUT2D eigenvalue weighted by atomic mass is 9.98. The van der Waals surface area contributed by atoms with Gasteiger partial charge in [-0.3, -0.25) is 9.59 Å². The van der Waals surface area contributed by atoms with Crippen LogP contribution < -0.4 is 16.2 Å². The van der Waals surface area contributed by atoms with Gasteiger partial charge in [-0.25, -0.2) is 4.98 Å². The van der Waals surface area contributed by atoms with Gasteiger partial charge in [0.2, 0.25) is 0 Å². The smallest absolute Gasteiger partial charge is 0.259 e. The number of hydrogen-bond acceptors (Lipinski definition) is 5. The van der Waals surface area contributed by atoms with Crippen LogP contribution in [0.25, 0.3) is 10.2 Å². The standard InChI is InChI=1S/C21H26N4O2S/c1-5-12(2)9-16-13(3)28-21-18(16)20(27)24-17(25-21)11-23-15-8-6-7-14(10-15)19(26)22-4/h6-8,10,12,23H,5,9,11H2,1-4H3,(H,22,26)(H,24,25,27)/t12-/m1/s1. The van der Waals surface area contributed by atoms with Gasteiger partial charge in [-0.1, -0.05) is 26.3 Å². The van der Waals surface area contributed by atoms with E-state index in [0.29, 0.717) is 23.9 Å². The summed E-state index contributed by atoms with van der Waals surface area (Å²) in [6.07, 6.45) is 1.98. The van der Waals surface area contributed by atoms with E-state index in [9.17, 15) is 9.59 Å². The molecule has 2 aromatic heterocycles. The summed E-state index contributed by atoms with van der Waals surface area (Å²) in [5.41, 5.74) is 2.42. The number of nitrogens with one attached hydrogen (secondary N) is 3. The monoisotopic (exact) mass is 398 g/mol. The zero-order valence-corrected chi connectivity index (χ0v) is 17.5. The van der Waals surface area contributed by atoms with E-state index >= 15 is 0 Å². The van der Waals surface area contributed by atoms with Crippen molar-refractivity contribution < 1.29 is 4.79 Å². The van der Waals surface area contributed by atoms with E-state index in [-0.39, 0.29) is 11.5 Å².